The summed E-state index contributed by atoms with van der Waals surface area (Å²) < 4.78 is 28.0. The van der Waals surface area contributed by atoms with Crippen LogP contribution in [0.3, 0.4) is 0 Å². The number of benzene rings is 3. The topological polar surface area (TPSA) is 78.5 Å². The molecule has 0 heterocycles. The van der Waals surface area contributed by atoms with Crippen LogP contribution >= 0.6 is 0 Å². The summed E-state index contributed by atoms with van der Waals surface area (Å²) in [6.45, 7) is 4.02. The van der Waals surface area contributed by atoms with Gasteiger partial charge in [-0.05, 0) is 73.0 Å². The largest absolute Gasteiger partial charge is 0.378 e. The highest BCUT2D eigenvalue weighted by Crippen LogP contribution is 2.21. The number of sulfonamides is 1. The van der Waals surface area contributed by atoms with Crippen molar-refractivity contribution in [3.8, 4) is 0 Å². The lowest BCUT2D eigenvalue weighted by atomic mass is 10.1. The monoisotopic (exact) mass is 437 g/mol. The molecule has 3 rings (SSSR count). The summed E-state index contributed by atoms with van der Waals surface area (Å²) in [6.07, 6.45) is 0. The number of hydrogen-bond acceptors (Lipinski definition) is 4. The van der Waals surface area contributed by atoms with Gasteiger partial charge >= 0.3 is 0 Å². The molecule has 0 aliphatic carbocycles. The minimum absolute atomic E-state index is 0.222. The highest BCUT2D eigenvalue weighted by Gasteiger charge is 2.17. The van der Waals surface area contributed by atoms with Crippen LogP contribution in [0, 0.1) is 13.8 Å². The quantitative estimate of drug-likeness (QED) is 0.583. The van der Waals surface area contributed by atoms with Gasteiger partial charge in [-0.15, -0.1) is 0 Å². The van der Waals surface area contributed by atoms with E-state index >= 15 is 0 Å². The van der Waals surface area contributed by atoms with E-state index in [2.05, 4.69) is 10.0 Å². The Morgan fingerprint density at radius 2 is 1.55 bits per heavy atom. The summed E-state index contributed by atoms with van der Waals surface area (Å²) in [5.41, 5.74) is 4.49. The molecule has 1 amide bonds. The first kappa shape index (κ1) is 22.4. The Balaban J connectivity index is 1.64. The fourth-order valence-corrected chi connectivity index (χ4v) is 4.48. The van der Waals surface area contributed by atoms with Gasteiger partial charge in [0.25, 0.3) is 15.9 Å². The number of anilines is 2. The van der Waals surface area contributed by atoms with E-state index < -0.39 is 10.0 Å². The molecule has 0 aliphatic heterocycles. The maximum Gasteiger partial charge on any atom is 0.262 e. The Kier molecular flexibility index (Phi) is 6.65. The molecule has 162 valence electrons. The van der Waals surface area contributed by atoms with Crippen molar-refractivity contribution in [2.45, 2.75) is 25.3 Å². The second-order valence-corrected chi connectivity index (χ2v) is 9.35. The molecule has 31 heavy (non-hydrogen) atoms. The highest BCUT2D eigenvalue weighted by molar-refractivity contribution is 7.92. The Bertz CT molecular complexity index is 1170. The first-order valence-corrected chi connectivity index (χ1v) is 11.4. The van der Waals surface area contributed by atoms with Crippen LogP contribution in [-0.4, -0.2) is 28.4 Å². The summed E-state index contributed by atoms with van der Waals surface area (Å²) in [5, 5.41) is 2.88. The van der Waals surface area contributed by atoms with Gasteiger partial charge in [-0.2, -0.15) is 0 Å². The Morgan fingerprint density at radius 1 is 0.903 bits per heavy atom. The van der Waals surface area contributed by atoms with E-state index in [0.29, 0.717) is 23.4 Å². The Hall–Kier alpha value is -3.32. The number of carbonyl (C=O) groups excluding carboxylic acids is 1. The molecule has 0 atom stereocenters. The molecule has 2 N–H and O–H groups in total. The fourth-order valence-electron chi connectivity index (χ4n) is 3.09. The van der Waals surface area contributed by atoms with Crippen LogP contribution in [0.1, 0.15) is 27.0 Å². The lowest BCUT2D eigenvalue weighted by Gasteiger charge is -2.13. The molecule has 0 saturated heterocycles. The van der Waals surface area contributed by atoms with Gasteiger partial charge in [0, 0.05) is 37.6 Å². The third kappa shape index (κ3) is 5.64. The van der Waals surface area contributed by atoms with E-state index in [1.165, 1.54) is 0 Å². The average Bonchev–Trinajstić information content (AvgIpc) is 2.74. The summed E-state index contributed by atoms with van der Waals surface area (Å²) >= 11 is 0. The maximum atomic E-state index is 12.7. The zero-order chi connectivity index (χ0) is 22.6. The number of aryl methyl sites for hydroxylation is 2. The van der Waals surface area contributed by atoms with Gasteiger partial charge in [0.15, 0.2) is 0 Å². The van der Waals surface area contributed by atoms with Gasteiger partial charge in [-0.3, -0.25) is 9.52 Å². The van der Waals surface area contributed by atoms with Crippen molar-refractivity contribution in [3.63, 3.8) is 0 Å². The molecular formula is C24H27N3O3S. The predicted octanol–water partition coefficient (Wildman–Crippen LogP) is 4.10. The molecule has 6 nitrogen and oxygen atoms in total. The number of nitrogens with one attached hydrogen (secondary N) is 2. The number of amides is 1. The third-order valence-electron chi connectivity index (χ3n) is 4.94. The highest BCUT2D eigenvalue weighted by atomic mass is 32.2. The van der Waals surface area contributed by atoms with Crippen LogP contribution in [0.5, 0.6) is 0 Å². The Morgan fingerprint density at radius 3 is 2.16 bits per heavy atom. The van der Waals surface area contributed by atoms with Crippen LogP contribution in [0.2, 0.25) is 0 Å². The summed E-state index contributed by atoms with van der Waals surface area (Å²) in [6, 6.07) is 19.6. The van der Waals surface area contributed by atoms with E-state index in [9.17, 15) is 13.2 Å². The SMILES string of the molecule is Cc1ccc(C)c(S(=O)(=O)Nc2ccc(C(=O)NCc3ccc(N(C)C)cc3)cc2)c1. The normalized spacial score (nSPS) is 11.1. The molecule has 0 spiro atoms. The third-order valence-corrected chi connectivity index (χ3v) is 6.46. The van der Waals surface area contributed by atoms with Crippen molar-refractivity contribution < 1.29 is 13.2 Å². The van der Waals surface area contributed by atoms with Crippen LogP contribution in [-0.2, 0) is 16.6 Å². The molecule has 0 unspecified atom stereocenters. The molecular weight excluding hydrogens is 410 g/mol. The molecule has 7 heteroatoms. The average molecular weight is 438 g/mol. The van der Waals surface area contributed by atoms with Crippen molar-refractivity contribution in [2.24, 2.45) is 0 Å². The van der Waals surface area contributed by atoms with Gasteiger partial charge in [0.05, 0.1) is 4.90 Å². The summed E-state index contributed by atoms with van der Waals surface area (Å²) in [7, 11) is 0.240. The van der Waals surface area contributed by atoms with Crippen molar-refractivity contribution in [1.82, 2.24) is 5.32 Å². The van der Waals surface area contributed by atoms with E-state index in [1.54, 1.807) is 43.3 Å². The van der Waals surface area contributed by atoms with Gasteiger partial charge in [-0.1, -0.05) is 24.3 Å². The molecule has 3 aromatic rings. The fraction of sp³-hybridized carbons (Fsp3) is 0.208. The van der Waals surface area contributed by atoms with Gasteiger partial charge in [-0.25, -0.2) is 8.42 Å². The van der Waals surface area contributed by atoms with E-state index in [-0.39, 0.29) is 10.8 Å². The zero-order valence-corrected chi connectivity index (χ0v) is 19.0. The zero-order valence-electron chi connectivity index (χ0n) is 18.1. The van der Waals surface area contributed by atoms with Crippen LogP contribution in [0.4, 0.5) is 11.4 Å². The lowest BCUT2D eigenvalue weighted by molar-refractivity contribution is 0.0951. The minimum atomic E-state index is -3.71. The Labute approximate surface area is 184 Å². The minimum Gasteiger partial charge on any atom is -0.378 e. The number of hydrogen-bond donors (Lipinski definition) is 2. The van der Waals surface area contributed by atoms with Gasteiger partial charge in [0.2, 0.25) is 0 Å². The molecule has 0 aliphatic rings. The summed E-state index contributed by atoms with van der Waals surface area (Å²) in [5.74, 6) is -0.222. The van der Waals surface area contributed by atoms with Crippen LogP contribution in [0.15, 0.2) is 71.6 Å². The molecule has 0 fully saturated rings. The van der Waals surface area contributed by atoms with Crippen molar-refractivity contribution in [3.05, 3.63) is 89.0 Å². The molecule has 0 saturated carbocycles. The number of nitrogens with zero attached hydrogens (tertiary/aromatic N) is 1. The van der Waals surface area contributed by atoms with Gasteiger partial charge in [0.1, 0.15) is 0 Å². The van der Waals surface area contributed by atoms with Crippen LogP contribution in [0.25, 0.3) is 0 Å². The first-order chi connectivity index (χ1) is 14.7. The van der Waals surface area contributed by atoms with E-state index in [0.717, 1.165) is 16.8 Å². The molecule has 0 radical (unpaired) electrons. The molecule has 3 aromatic carbocycles. The van der Waals surface area contributed by atoms with Crippen molar-refractivity contribution >= 4 is 27.3 Å². The number of rotatable bonds is 7. The van der Waals surface area contributed by atoms with Crippen molar-refractivity contribution in [2.75, 3.05) is 23.7 Å². The second kappa shape index (κ2) is 9.22. The number of carbonyl (C=O) groups is 1. The van der Waals surface area contributed by atoms with Crippen LogP contribution < -0.4 is 14.9 Å². The second-order valence-electron chi connectivity index (χ2n) is 7.70. The van der Waals surface area contributed by atoms with E-state index in [4.69, 9.17) is 0 Å². The first-order valence-electron chi connectivity index (χ1n) is 9.90. The summed E-state index contributed by atoms with van der Waals surface area (Å²) in [4.78, 5) is 14.7. The van der Waals surface area contributed by atoms with Crippen molar-refractivity contribution in [1.29, 1.82) is 0 Å². The maximum absolute atomic E-state index is 12.7. The van der Waals surface area contributed by atoms with E-state index in [1.807, 2.05) is 56.3 Å². The lowest BCUT2D eigenvalue weighted by Crippen LogP contribution is -2.22. The molecule has 0 aromatic heterocycles. The van der Waals surface area contributed by atoms with Gasteiger partial charge < -0.3 is 10.2 Å². The molecule has 0 bridgehead atoms. The predicted molar refractivity (Wildman–Crippen MR) is 125 cm³/mol. The smallest absolute Gasteiger partial charge is 0.262 e. The standard InChI is InChI=1S/C24H27N3O3S/c1-17-5-6-18(2)23(15-17)31(29,30)26-21-11-9-20(10-12-21)24(28)25-16-19-7-13-22(14-8-19)27(3)4/h5-15,26H,16H2,1-4H3,(H,25,28).